The highest BCUT2D eigenvalue weighted by Gasteiger charge is 2.68. The van der Waals surface area contributed by atoms with E-state index in [4.69, 9.17) is 10.5 Å². The summed E-state index contributed by atoms with van der Waals surface area (Å²) >= 11 is 0. The van der Waals surface area contributed by atoms with Crippen LogP contribution in [0.1, 0.15) is 144 Å². The fourth-order valence-electron chi connectivity index (χ4n) is 14.0. The summed E-state index contributed by atoms with van der Waals surface area (Å²) in [6.07, 6.45) is 11.5. The summed E-state index contributed by atoms with van der Waals surface area (Å²) < 4.78 is 4.82. The molecule has 5 aliphatic carbocycles. The number of carbonyl (C=O) groups is 3. The molecule has 0 bridgehead atoms. The lowest BCUT2D eigenvalue weighted by Crippen LogP contribution is -2.64. The molecule has 0 radical (unpaired) electrons. The van der Waals surface area contributed by atoms with Crippen molar-refractivity contribution in [1.82, 2.24) is 5.32 Å². The number of nitrogens with one attached hydrogen (secondary N) is 2. The fourth-order valence-corrected chi connectivity index (χ4v) is 14.0. The number of fused-ring (bicyclic) bond motifs is 7. The Labute approximate surface area is 335 Å². The first-order chi connectivity index (χ1) is 26.5. The highest BCUT2D eigenvalue weighted by Crippen LogP contribution is 2.73. The molecule has 0 saturated heterocycles. The zero-order chi connectivity index (χ0) is 40.4. The number of nitrogen functional groups attached to an aromatic ring is 1. The largest absolute Gasteiger partial charge is 0.465 e. The van der Waals surface area contributed by atoms with Crippen LogP contribution >= 0.6 is 0 Å². The SMILES string of the molecule is C=C(C)C1CCC2(C(=O)NCCC(C)c3cccc(C(=O)Nc4cc(C(=O)OC)ccc4N)c3)CCC3C(CCC4C3(C)CCC3C(C)(C)C(O)CCC34C)C12. The summed E-state index contributed by atoms with van der Waals surface area (Å²) in [5.74, 6) is 2.62. The molecule has 0 aliphatic heterocycles. The molecule has 8 nitrogen and oxygen atoms in total. The van der Waals surface area contributed by atoms with Crippen LogP contribution in [-0.2, 0) is 9.53 Å². The number of aliphatic hydroxyl groups excluding tert-OH is 1. The second-order valence-corrected chi connectivity index (χ2v) is 19.9. The van der Waals surface area contributed by atoms with Crippen LogP contribution in [0.15, 0.2) is 54.6 Å². The number of allylic oxidation sites excluding steroid dienone is 1. The van der Waals surface area contributed by atoms with Crippen LogP contribution in [0.2, 0.25) is 0 Å². The smallest absolute Gasteiger partial charge is 0.337 e. The van der Waals surface area contributed by atoms with E-state index in [2.05, 4.69) is 58.8 Å². The van der Waals surface area contributed by atoms with Gasteiger partial charge in [-0.1, -0.05) is 58.9 Å². The van der Waals surface area contributed by atoms with E-state index in [9.17, 15) is 19.5 Å². The Kier molecular flexibility index (Phi) is 10.8. The van der Waals surface area contributed by atoms with E-state index in [1.54, 1.807) is 18.2 Å². The number of amides is 2. The monoisotopic (exact) mass is 766 g/mol. The average Bonchev–Trinajstić information content (AvgIpc) is 3.59. The van der Waals surface area contributed by atoms with Crippen LogP contribution < -0.4 is 16.4 Å². The maximum absolute atomic E-state index is 14.6. The van der Waals surface area contributed by atoms with Crippen molar-refractivity contribution in [3.63, 3.8) is 0 Å². The van der Waals surface area contributed by atoms with Gasteiger partial charge in [-0.05, 0) is 171 Å². The summed E-state index contributed by atoms with van der Waals surface area (Å²) in [5, 5.41) is 17.4. The number of hydrogen-bond donors (Lipinski definition) is 4. The van der Waals surface area contributed by atoms with Gasteiger partial charge in [-0.2, -0.15) is 0 Å². The Balaban J connectivity index is 1.02. The Morgan fingerprint density at radius 3 is 2.38 bits per heavy atom. The first-order valence-electron chi connectivity index (χ1n) is 21.5. The third kappa shape index (κ3) is 6.60. The number of esters is 1. The van der Waals surface area contributed by atoms with E-state index in [-0.39, 0.29) is 45.5 Å². The second-order valence-electron chi connectivity index (χ2n) is 19.9. The molecule has 8 heteroatoms. The van der Waals surface area contributed by atoms with Gasteiger partial charge in [0.15, 0.2) is 0 Å². The van der Waals surface area contributed by atoms with E-state index in [0.29, 0.717) is 64.6 Å². The van der Waals surface area contributed by atoms with Crippen molar-refractivity contribution in [3.05, 3.63) is 71.3 Å². The standard InChI is InChI=1S/C48H67N3O5/c1-28(2)33-16-23-48(24-17-35-34(41(33)48)13-15-39-46(35,6)21-18-38-45(4,5)40(52)19-22-47(38,39)7)44(55)50-25-20-29(3)30-10-9-11-31(26-30)42(53)51-37-27-32(43(54)56-8)12-14-36(37)49/h9-12,14,26-27,29,33-35,38-41,52H,1,13,15-25,49H2,2-8H3,(H,50,55)(H,51,53). The molecule has 0 heterocycles. The highest BCUT2D eigenvalue weighted by molar-refractivity contribution is 6.06. The van der Waals surface area contributed by atoms with Gasteiger partial charge in [0.1, 0.15) is 0 Å². The van der Waals surface area contributed by atoms with Crippen LogP contribution in [0.5, 0.6) is 0 Å². The molecule has 5 fully saturated rings. The number of carbonyl (C=O) groups excluding carboxylic acids is 3. The zero-order valence-electron chi connectivity index (χ0n) is 35.0. The lowest BCUT2D eigenvalue weighted by atomic mass is 9.36. The third-order valence-electron chi connectivity index (χ3n) is 17.0. The summed E-state index contributed by atoms with van der Waals surface area (Å²) in [5.41, 5.74) is 9.99. The topological polar surface area (TPSA) is 131 Å². The van der Waals surface area contributed by atoms with Gasteiger partial charge in [-0.25, -0.2) is 4.79 Å². The fraction of sp³-hybridized carbons (Fsp3) is 0.646. The molecule has 11 atom stereocenters. The Morgan fingerprint density at radius 2 is 1.64 bits per heavy atom. The molecule has 5 aliphatic rings. The molecule has 2 aromatic rings. The van der Waals surface area contributed by atoms with Crippen LogP contribution in [-0.4, -0.2) is 42.6 Å². The molecule has 56 heavy (non-hydrogen) atoms. The first-order valence-corrected chi connectivity index (χ1v) is 21.5. The van der Waals surface area contributed by atoms with Gasteiger partial charge in [0.05, 0.1) is 35.6 Å². The summed E-state index contributed by atoms with van der Waals surface area (Å²) in [7, 11) is 1.31. The van der Waals surface area contributed by atoms with Crippen molar-refractivity contribution in [3.8, 4) is 0 Å². The van der Waals surface area contributed by atoms with E-state index >= 15 is 0 Å². The predicted molar refractivity (Wildman–Crippen MR) is 223 cm³/mol. The number of ether oxygens (including phenoxy) is 1. The van der Waals surface area contributed by atoms with Gasteiger partial charge in [-0.15, -0.1) is 0 Å². The van der Waals surface area contributed by atoms with Crippen molar-refractivity contribution < 1.29 is 24.2 Å². The quantitative estimate of drug-likeness (QED) is 0.114. The summed E-state index contributed by atoms with van der Waals surface area (Å²) in [4.78, 5) is 40.0. The molecule has 0 aromatic heterocycles. The number of nitrogens with two attached hydrogens (primary N) is 1. The number of benzene rings is 2. The van der Waals surface area contributed by atoms with Crippen LogP contribution in [0.3, 0.4) is 0 Å². The molecule has 2 aromatic carbocycles. The van der Waals surface area contributed by atoms with Gasteiger partial charge in [0.2, 0.25) is 5.91 Å². The van der Waals surface area contributed by atoms with Crippen molar-refractivity contribution >= 4 is 29.2 Å². The molecule has 5 N–H and O–H groups in total. The Morgan fingerprint density at radius 1 is 0.911 bits per heavy atom. The average molecular weight is 766 g/mol. The third-order valence-corrected chi connectivity index (χ3v) is 17.0. The number of hydrogen-bond acceptors (Lipinski definition) is 6. The number of methoxy groups -OCH3 is 1. The summed E-state index contributed by atoms with van der Waals surface area (Å²) in [6.45, 7) is 19.3. The maximum Gasteiger partial charge on any atom is 0.337 e. The molecule has 7 rings (SSSR count). The maximum atomic E-state index is 14.6. The van der Waals surface area contributed by atoms with Gasteiger partial charge in [0, 0.05) is 12.1 Å². The van der Waals surface area contributed by atoms with Crippen molar-refractivity contribution in [2.45, 2.75) is 124 Å². The van der Waals surface area contributed by atoms with Crippen LogP contribution in [0.25, 0.3) is 0 Å². The molecule has 304 valence electrons. The minimum atomic E-state index is -0.505. The van der Waals surface area contributed by atoms with Gasteiger partial charge in [-0.3, -0.25) is 9.59 Å². The molecule has 11 unspecified atom stereocenters. The Hall–Kier alpha value is -3.65. The highest BCUT2D eigenvalue weighted by atomic mass is 16.5. The summed E-state index contributed by atoms with van der Waals surface area (Å²) in [6, 6.07) is 12.2. The van der Waals surface area contributed by atoms with E-state index < -0.39 is 5.97 Å². The predicted octanol–water partition coefficient (Wildman–Crippen LogP) is 9.55. The van der Waals surface area contributed by atoms with E-state index in [1.165, 1.54) is 44.4 Å². The van der Waals surface area contributed by atoms with Gasteiger partial charge in [0.25, 0.3) is 5.91 Å². The molecular weight excluding hydrogens is 699 g/mol. The van der Waals surface area contributed by atoms with Crippen molar-refractivity contribution in [2.75, 3.05) is 24.7 Å². The molecule has 0 spiro atoms. The lowest BCUT2D eigenvalue weighted by Gasteiger charge is -2.69. The lowest BCUT2D eigenvalue weighted by molar-refractivity contribution is -0.216. The van der Waals surface area contributed by atoms with Crippen LogP contribution in [0.4, 0.5) is 11.4 Å². The van der Waals surface area contributed by atoms with E-state index in [0.717, 1.165) is 50.5 Å². The van der Waals surface area contributed by atoms with Crippen molar-refractivity contribution in [2.24, 2.45) is 57.2 Å². The van der Waals surface area contributed by atoms with Crippen molar-refractivity contribution in [1.29, 1.82) is 0 Å². The van der Waals surface area contributed by atoms with Gasteiger partial charge >= 0.3 is 5.97 Å². The minimum Gasteiger partial charge on any atom is -0.465 e. The minimum absolute atomic E-state index is 0.0491. The molecular formula is C48H67N3O5. The van der Waals surface area contributed by atoms with Crippen LogP contribution in [0, 0.1) is 57.2 Å². The Bertz CT molecular complexity index is 1870. The molecule has 5 saturated carbocycles. The number of rotatable bonds is 9. The van der Waals surface area contributed by atoms with Gasteiger partial charge < -0.3 is 26.2 Å². The number of aliphatic hydroxyl groups is 1. The second kappa shape index (κ2) is 14.9. The van der Waals surface area contributed by atoms with E-state index in [1.807, 2.05) is 18.2 Å². The number of anilines is 2. The zero-order valence-corrected chi connectivity index (χ0v) is 35.0. The normalized spacial score (nSPS) is 36.1. The molecule has 2 amide bonds. The first kappa shape index (κ1) is 40.5.